The van der Waals surface area contributed by atoms with Gasteiger partial charge in [0.25, 0.3) is 0 Å². The molecular formula is C34H32S9. The van der Waals surface area contributed by atoms with Gasteiger partial charge in [-0.05, 0) is 75.6 Å². The molecule has 0 spiro atoms. The van der Waals surface area contributed by atoms with Gasteiger partial charge in [-0.25, -0.2) is 0 Å². The Balaban J connectivity index is 0.000000131. The van der Waals surface area contributed by atoms with Crippen molar-refractivity contribution >= 4 is 168 Å². The van der Waals surface area contributed by atoms with E-state index in [0.29, 0.717) is 0 Å². The monoisotopic (exact) mass is 728 g/mol. The topological polar surface area (TPSA) is 0 Å². The predicted octanol–water partition coefficient (Wildman–Crippen LogP) is 15.5. The number of fused-ring (bicyclic) bond motifs is 12. The minimum Gasteiger partial charge on any atom is -0.138 e. The maximum absolute atomic E-state index is 2.31. The van der Waals surface area contributed by atoms with E-state index in [1.54, 1.807) is 75.9 Å². The van der Waals surface area contributed by atoms with Crippen molar-refractivity contribution in [2.45, 2.75) is 81.1 Å². The second-order valence-corrected chi connectivity index (χ2v) is 20.7. The fourth-order valence-corrected chi connectivity index (χ4v) is 19.8. The summed E-state index contributed by atoms with van der Waals surface area (Å²) < 4.78 is 21.6. The van der Waals surface area contributed by atoms with Gasteiger partial charge in [0.05, 0.1) is 65.8 Å². The highest BCUT2D eigenvalue weighted by atomic mass is 32.1. The van der Waals surface area contributed by atoms with Gasteiger partial charge in [0.1, 0.15) is 0 Å². The average Bonchev–Trinajstić information content (AvgIpc) is 3.85. The molecule has 9 aromatic heterocycles. The van der Waals surface area contributed by atoms with Crippen LogP contribution in [0, 0.1) is 27.7 Å². The smallest absolute Gasteiger partial charge is 0.0651 e. The van der Waals surface area contributed by atoms with Crippen molar-refractivity contribution in [1.82, 2.24) is 0 Å². The van der Waals surface area contributed by atoms with Gasteiger partial charge in [-0.2, -0.15) is 0 Å². The third kappa shape index (κ3) is 4.15. The number of hydrogen-bond acceptors (Lipinski definition) is 9. The highest BCUT2D eigenvalue weighted by molar-refractivity contribution is 7.48. The molecule has 0 fully saturated rings. The first kappa shape index (κ1) is 29.5. The first-order valence-electron chi connectivity index (χ1n) is 14.9. The fraction of sp³-hybridized carbons (Fsp3) is 0.353. The zero-order valence-corrected chi connectivity index (χ0v) is 32.9. The van der Waals surface area contributed by atoms with Crippen LogP contribution in [-0.2, 0) is 25.7 Å². The van der Waals surface area contributed by atoms with E-state index in [-0.39, 0.29) is 0 Å². The Morgan fingerprint density at radius 2 is 0.419 bits per heavy atom. The molecule has 0 saturated heterocycles. The summed E-state index contributed by atoms with van der Waals surface area (Å²) in [7, 11) is 0. The summed E-state index contributed by atoms with van der Waals surface area (Å²) in [6.07, 6.45) is 4.65. The van der Waals surface area contributed by atoms with Crippen LogP contribution in [0.25, 0.3) is 65.8 Å². The van der Waals surface area contributed by atoms with E-state index in [1.807, 2.05) is 102 Å². The van der Waals surface area contributed by atoms with Crippen LogP contribution in [0.5, 0.6) is 0 Å². The van der Waals surface area contributed by atoms with Crippen LogP contribution in [-0.4, -0.2) is 0 Å². The third-order valence-electron chi connectivity index (χ3n) is 8.72. The van der Waals surface area contributed by atoms with Crippen molar-refractivity contribution in [2.75, 3.05) is 0 Å². The van der Waals surface area contributed by atoms with Crippen molar-refractivity contribution in [3.8, 4) is 0 Å². The number of hydrogen-bond donors (Lipinski definition) is 0. The SMILES string of the molecule is CCc1sc2c(sc3c2sc2c4sc(CC)c(C)c4sc23)c1C.CCc1sc2c(sc3c4sc(CC)c(C)c4sc23)c1C. The van der Waals surface area contributed by atoms with Crippen LogP contribution < -0.4 is 0 Å². The predicted molar refractivity (Wildman–Crippen MR) is 213 cm³/mol. The van der Waals surface area contributed by atoms with E-state index in [9.17, 15) is 0 Å². The quantitative estimate of drug-likeness (QED) is 0.169. The largest absolute Gasteiger partial charge is 0.138 e. The van der Waals surface area contributed by atoms with E-state index in [1.165, 1.54) is 31.7 Å². The number of rotatable bonds is 4. The van der Waals surface area contributed by atoms with Gasteiger partial charge in [-0.3, -0.25) is 0 Å². The second-order valence-electron chi connectivity index (χ2n) is 11.1. The van der Waals surface area contributed by atoms with Crippen molar-refractivity contribution in [3.05, 3.63) is 41.8 Å². The molecular weight excluding hydrogens is 697 g/mol. The van der Waals surface area contributed by atoms with Gasteiger partial charge in [0.2, 0.25) is 0 Å². The first-order valence-corrected chi connectivity index (χ1v) is 22.3. The minimum atomic E-state index is 1.16. The summed E-state index contributed by atoms with van der Waals surface area (Å²) in [6.45, 7) is 18.3. The van der Waals surface area contributed by atoms with Crippen molar-refractivity contribution in [1.29, 1.82) is 0 Å². The Bertz CT molecular complexity index is 2320. The van der Waals surface area contributed by atoms with Gasteiger partial charge in [-0.1, -0.05) is 27.7 Å². The molecule has 9 heteroatoms. The molecule has 9 aromatic rings. The molecule has 0 atom stereocenters. The summed E-state index contributed by atoms with van der Waals surface area (Å²) in [5.74, 6) is 0. The van der Waals surface area contributed by atoms with Gasteiger partial charge in [-0.15, -0.1) is 102 Å². The summed E-state index contributed by atoms with van der Waals surface area (Å²) in [6, 6.07) is 0. The lowest BCUT2D eigenvalue weighted by atomic mass is 10.2. The maximum atomic E-state index is 2.31. The zero-order valence-electron chi connectivity index (χ0n) is 25.5. The van der Waals surface area contributed by atoms with Crippen LogP contribution in [0.3, 0.4) is 0 Å². The van der Waals surface area contributed by atoms with E-state index >= 15 is 0 Å². The molecule has 0 amide bonds. The normalized spacial score (nSPS) is 12.6. The van der Waals surface area contributed by atoms with Crippen LogP contribution in [0.4, 0.5) is 0 Å². The highest BCUT2D eigenvalue weighted by Gasteiger charge is 2.23. The van der Waals surface area contributed by atoms with E-state index in [0.717, 1.165) is 25.7 Å². The Hall–Kier alpha value is -0.880. The van der Waals surface area contributed by atoms with Gasteiger partial charge in [0.15, 0.2) is 0 Å². The zero-order chi connectivity index (χ0) is 29.9. The molecule has 0 nitrogen and oxygen atoms in total. The Kier molecular flexibility index (Phi) is 7.44. The lowest BCUT2D eigenvalue weighted by Crippen LogP contribution is -1.74. The molecule has 9 heterocycles. The summed E-state index contributed by atoms with van der Waals surface area (Å²) in [5.41, 5.74) is 6.10. The van der Waals surface area contributed by atoms with E-state index in [2.05, 4.69) is 55.4 Å². The lowest BCUT2D eigenvalue weighted by molar-refractivity contribution is 1.16. The lowest BCUT2D eigenvalue weighted by Gasteiger charge is -1.91. The summed E-state index contributed by atoms with van der Waals surface area (Å²) in [5, 5.41) is 0. The molecule has 0 unspecified atom stereocenters. The summed E-state index contributed by atoms with van der Waals surface area (Å²) >= 11 is 18.2. The van der Waals surface area contributed by atoms with Crippen LogP contribution in [0.15, 0.2) is 0 Å². The molecule has 43 heavy (non-hydrogen) atoms. The molecule has 0 bridgehead atoms. The Labute approximate surface area is 287 Å². The highest BCUT2D eigenvalue weighted by Crippen LogP contribution is 2.55. The molecule has 0 radical (unpaired) electrons. The fourth-order valence-electron chi connectivity index (χ4n) is 6.30. The number of thiophene rings is 9. The molecule has 9 rings (SSSR count). The Morgan fingerprint density at radius 1 is 0.256 bits per heavy atom. The van der Waals surface area contributed by atoms with E-state index in [4.69, 9.17) is 0 Å². The van der Waals surface area contributed by atoms with Gasteiger partial charge < -0.3 is 0 Å². The molecule has 0 aliphatic heterocycles. The standard InChI is InChI=1S/C18H16S5.C16H16S4/c1-5-9-7(3)11-13(19-9)15-17(21-11)18-16(23-15)14-12(22-18)8(4)10(6-2)20-14;1-5-9-7(3)11-13(17-9)15-16(19-11)14-12(20-15)8(4)10(6-2)18-14/h5-6H2,1-4H3;5-6H2,1-4H3. The first-order chi connectivity index (χ1) is 20.8. The van der Waals surface area contributed by atoms with E-state index < -0.39 is 0 Å². The molecule has 0 N–H and O–H groups in total. The summed E-state index contributed by atoms with van der Waals surface area (Å²) in [4.78, 5) is 6.26. The molecule has 0 aliphatic rings. The second kappa shape index (κ2) is 10.8. The van der Waals surface area contributed by atoms with Crippen molar-refractivity contribution in [3.63, 3.8) is 0 Å². The molecule has 0 aliphatic carbocycles. The minimum absolute atomic E-state index is 1.16. The van der Waals surface area contributed by atoms with Gasteiger partial charge in [0, 0.05) is 19.5 Å². The Morgan fingerprint density at radius 3 is 0.605 bits per heavy atom. The van der Waals surface area contributed by atoms with Crippen LogP contribution in [0.1, 0.15) is 69.5 Å². The molecule has 0 saturated carbocycles. The molecule has 222 valence electrons. The molecule has 0 aromatic carbocycles. The maximum Gasteiger partial charge on any atom is 0.0651 e. The van der Waals surface area contributed by atoms with Crippen LogP contribution in [0.2, 0.25) is 0 Å². The third-order valence-corrected chi connectivity index (χ3v) is 22.6. The number of aryl methyl sites for hydroxylation is 8. The van der Waals surface area contributed by atoms with Gasteiger partial charge >= 0.3 is 0 Å². The van der Waals surface area contributed by atoms with Crippen molar-refractivity contribution in [2.24, 2.45) is 0 Å². The van der Waals surface area contributed by atoms with Crippen LogP contribution >= 0.6 is 102 Å². The average molecular weight is 729 g/mol. The van der Waals surface area contributed by atoms with Crippen molar-refractivity contribution < 1.29 is 0 Å².